The third-order valence-corrected chi connectivity index (χ3v) is 4.54. The molecular formula is C13H17Br2ClF2N2O2. The Bertz CT molecular complexity index is 517. The number of benzene rings is 1. The van der Waals surface area contributed by atoms with Gasteiger partial charge in [0.25, 0.3) is 5.92 Å². The van der Waals surface area contributed by atoms with Crippen LogP contribution in [0.25, 0.3) is 0 Å². The highest BCUT2D eigenvalue weighted by Crippen LogP contribution is 2.44. The molecule has 4 nitrogen and oxygen atoms in total. The number of rotatable bonds is 4. The predicted molar refractivity (Wildman–Crippen MR) is 90.0 cm³/mol. The van der Waals surface area contributed by atoms with Crippen LogP contribution in [0, 0.1) is 0 Å². The quantitative estimate of drug-likeness (QED) is 0.639. The molecule has 0 amide bonds. The molecule has 9 heteroatoms. The molecule has 0 bridgehead atoms. The smallest absolute Gasteiger partial charge is 0.290 e. The molecule has 1 aliphatic rings. The van der Waals surface area contributed by atoms with Crippen LogP contribution in [0.5, 0.6) is 5.75 Å². The third kappa shape index (κ3) is 4.30. The number of aliphatic hydroxyl groups is 1. The second-order valence-electron chi connectivity index (χ2n) is 4.93. The molecule has 1 fully saturated rings. The van der Waals surface area contributed by atoms with E-state index in [-0.39, 0.29) is 23.7 Å². The summed E-state index contributed by atoms with van der Waals surface area (Å²) in [4.78, 5) is 1.58. The lowest BCUT2D eigenvalue weighted by molar-refractivity contribution is -0.119. The van der Waals surface area contributed by atoms with E-state index in [1.807, 2.05) is 0 Å². The molecule has 1 saturated heterocycles. The normalized spacial score (nSPS) is 17.9. The molecule has 0 saturated carbocycles. The molecule has 0 radical (unpaired) electrons. The van der Waals surface area contributed by atoms with Gasteiger partial charge in [0, 0.05) is 36.2 Å². The van der Waals surface area contributed by atoms with Crippen molar-refractivity contribution < 1.29 is 19.0 Å². The Balaban J connectivity index is 0.00000242. The van der Waals surface area contributed by atoms with Gasteiger partial charge in [0.2, 0.25) is 0 Å². The minimum atomic E-state index is -3.35. The van der Waals surface area contributed by atoms with Crippen LogP contribution in [-0.2, 0) is 0 Å². The number of nitrogens with one attached hydrogen (secondary N) is 1. The fraction of sp³-hybridized carbons (Fsp3) is 0.538. The Kier molecular flexibility index (Phi) is 7.48. The summed E-state index contributed by atoms with van der Waals surface area (Å²) in [6.07, 6.45) is 0. The summed E-state index contributed by atoms with van der Waals surface area (Å²) in [5, 5.41) is 22.3. The van der Waals surface area contributed by atoms with Gasteiger partial charge in [-0.15, -0.1) is 12.4 Å². The van der Waals surface area contributed by atoms with Gasteiger partial charge in [-0.05, 0) is 28.1 Å². The zero-order chi connectivity index (χ0) is 15.6. The number of phenolic OH excluding ortho intramolecular Hbond substituents is 1. The van der Waals surface area contributed by atoms with Crippen LogP contribution in [0.1, 0.15) is 11.6 Å². The monoisotopic (exact) mass is 464 g/mol. The van der Waals surface area contributed by atoms with Gasteiger partial charge < -0.3 is 15.5 Å². The van der Waals surface area contributed by atoms with Crippen molar-refractivity contribution in [2.24, 2.45) is 0 Å². The maximum Gasteiger partial charge on any atom is 0.290 e. The number of hydrogen-bond acceptors (Lipinski definition) is 4. The molecule has 1 aromatic rings. The molecule has 0 unspecified atom stereocenters. The Hall–Kier alpha value is 0.01000. The molecule has 1 heterocycles. The molecule has 3 N–H and O–H groups in total. The van der Waals surface area contributed by atoms with Crippen LogP contribution >= 0.6 is 44.3 Å². The van der Waals surface area contributed by atoms with Crippen molar-refractivity contribution in [2.75, 3.05) is 32.8 Å². The number of alkyl halides is 2. The third-order valence-electron chi connectivity index (χ3n) is 3.48. The standard InChI is InChI=1S/C13H16Br2F2N2O2.ClH/c14-8-5-9(11(21)10(15)6-8)12(13(16,17)7-20)19-3-1-18-2-4-19;/h5-6,12,18,20-21H,1-4,7H2;1H/t12-;/m1./s1. The van der Waals surface area contributed by atoms with Crippen molar-refractivity contribution in [1.29, 1.82) is 0 Å². The Labute approximate surface area is 150 Å². The van der Waals surface area contributed by atoms with E-state index in [1.54, 1.807) is 11.0 Å². The highest BCUT2D eigenvalue weighted by molar-refractivity contribution is 9.11. The zero-order valence-electron chi connectivity index (χ0n) is 11.5. The van der Waals surface area contributed by atoms with Crippen molar-refractivity contribution in [3.8, 4) is 5.75 Å². The van der Waals surface area contributed by atoms with E-state index >= 15 is 0 Å². The molecule has 0 aliphatic carbocycles. The predicted octanol–water partition coefficient (Wildman–Crippen LogP) is 2.91. The van der Waals surface area contributed by atoms with Gasteiger partial charge in [-0.2, -0.15) is 0 Å². The molecular weight excluding hydrogens is 449 g/mol. The lowest BCUT2D eigenvalue weighted by atomic mass is 9.97. The number of hydrogen-bond donors (Lipinski definition) is 3. The molecule has 0 spiro atoms. The van der Waals surface area contributed by atoms with Crippen molar-refractivity contribution in [3.05, 3.63) is 26.6 Å². The summed E-state index contributed by atoms with van der Waals surface area (Å²) in [7, 11) is 0. The van der Waals surface area contributed by atoms with Crippen LogP contribution in [-0.4, -0.2) is 53.8 Å². The van der Waals surface area contributed by atoms with E-state index in [9.17, 15) is 13.9 Å². The first kappa shape index (κ1) is 20.1. The van der Waals surface area contributed by atoms with Gasteiger partial charge in [-0.25, -0.2) is 8.78 Å². The van der Waals surface area contributed by atoms with Crippen molar-refractivity contribution >= 4 is 44.3 Å². The topological polar surface area (TPSA) is 55.7 Å². The summed E-state index contributed by atoms with van der Waals surface area (Å²) < 4.78 is 29.5. The molecule has 1 aromatic carbocycles. The average molecular weight is 467 g/mol. The van der Waals surface area contributed by atoms with E-state index in [1.165, 1.54) is 6.07 Å². The number of phenols is 1. The van der Waals surface area contributed by atoms with E-state index in [4.69, 9.17) is 5.11 Å². The molecule has 0 aromatic heterocycles. The fourth-order valence-electron chi connectivity index (χ4n) is 2.51. The average Bonchev–Trinajstić information content (AvgIpc) is 2.45. The maximum atomic E-state index is 14.3. The van der Waals surface area contributed by atoms with Crippen LogP contribution in [0.4, 0.5) is 8.78 Å². The summed E-state index contributed by atoms with van der Waals surface area (Å²) >= 11 is 6.41. The molecule has 22 heavy (non-hydrogen) atoms. The zero-order valence-corrected chi connectivity index (χ0v) is 15.5. The first-order chi connectivity index (χ1) is 9.86. The van der Waals surface area contributed by atoms with E-state index in [0.29, 0.717) is 35.1 Å². The van der Waals surface area contributed by atoms with Gasteiger partial charge in [-0.3, -0.25) is 4.90 Å². The van der Waals surface area contributed by atoms with Crippen LogP contribution in [0.15, 0.2) is 21.1 Å². The minimum absolute atomic E-state index is 0. The lowest BCUT2D eigenvalue weighted by Crippen LogP contribution is -2.51. The second-order valence-corrected chi connectivity index (χ2v) is 6.70. The van der Waals surface area contributed by atoms with E-state index in [2.05, 4.69) is 37.2 Å². The van der Waals surface area contributed by atoms with Crippen molar-refractivity contribution in [1.82, 2.24) is 10.2 Å². The SMILES string of the molecule is Cl.OCC(F)(F)[C@@H](c1cc(Br)cc(Br)c1O)N1CCNCC1. The van der Waals surface area contributed by atoms with Crippen molar-refractivity contribution in [2.45, 2.75) is 12.0 Å². The van der Waals surface area contributed by atoms with Gasteiger partial charge in [-0.1, -0.05) is 15.9 Å². The fourth-order valence-corrected chi connectivity index (χ4v) is 3.77. The van der Waals surface area contributed by atoms with Gasteiger partial charge in [0.1, 0.15) is 18.4 Å². The molecule has 1 atom stereocenters. The highest BCUT2D eigenvalue weighted by atomic mass is 79.9. The highest BCUT2D eigenvalue weighted by Gasteiger charge is 2.45. The van der Waals surface area contributed by atoms with Crippen molar-refractivity contribution in [3.63, 3.8) is 0 Å². The second kappa shape index (κ2) is 8.21. The minimum Gasteiger partial charge on any atom is -0.506 e. The number of aliphatic hydroxyl groups excluding tert-OH is 1. The number of nitrogens with zero attached hydrogens (tertiary/aromatic N) is 1. The van der Waals surface area contributed by atoms with E-state index < -0.39 is 18.6 Å². The molecule has 2 rings (SSSR count). The maximum absolute atomic E-state index is 14.3. The van der Waals surface area contributed by atoms with Gasteiger partial charge in [0.05, 0.1) is 4.47 Å². The van der Waals surface area contributed by atoms with E-state index in [0.717, 1.165) is 0 Å². The van der Waals surface area contributed by atoms with Crippen LogP contribution in [0.3, 0.4) is 0 Å². The first-order valence-corrected chi connectivity index (χ1v) is 8.07. The van der Waals surface area contributed by atoms with Crippen LogP contribution < -0.4 is 5.32 Å². The molecule has 1 aliphatic heterocycles. The number of halogens is 5. The Morgan fingerprint density at radius 2 is 1.86 bits per heavy atom. The lowest BCUT2D eigenvalue weighted by Gasteiger charge is -2.39. The summed E-state index contributed by atoms with van der Waals surface area (Å²) in [6, 6.07) is 1.68. The molecule has 126 valence electrons. The largest absolute Gasteiger partial charge is 0.506 e. The summed E-state index contributed by atoms with van der Waals surface area (Å²) in [5.41, 5.74) is 0.0946. The van der Waals surface area contributed by atoms with Gasteiger partial charge >= 0.3 is 0 Å². The summed E-state index contributed by atoms with van der Waals surface area (Å²) in [5.74, 6) is -3.58. The van der Waals surface area contributed by atoms with Crippen LogP contribution in [0.2, 0.25) is 0 Å². The number of aromatic hydroxyl groups is 1. The first-order valence-electron chi connectivity index (χ1n) is 6.48. The summed E-state index contributed by atoms with van der Waals surface area (Å²) in [6.45, 7) is 0.751. The Morgan fingerprint density at radius 3 is 2.41 bits per heavy atom. The number of piperazine rings is 1. The Morgan fingerprint density at radius 1 is 1.27 bits per heavy atom. The van der Waals surface area contributed by atoms with Gasteiger partial charge in [0.15, 0.2) is 0 Å².